The van der Waals surface area contributed by atoms with Crippen molar-refractivity contribution in [1.82, 2.24) is 41.8 Å². The second-order valence-electron chi connectivity index (χ2n) is 23.3. The predicted molar refractivity (Wildman–Crippen MR) is 330 cm³/mol. The van der Waals surface area contributed by atoms with E-state index in [0.29, 0.717) is 24.1 Å². The molecule has 0 radical (unpaired) electrons. The normalized spacial score (nSPS) is 16.8. The van der Waals surface area contributed by atoms with Crippen LogP contribution < -0.4 is 49.1 Å². The number of primary amides is 2. The van der Waals surface area contributed by atoms with Crippen LogP contribution in [-0.4, -0.2) is 164 Å². The first-order valence-corrected chi connectivity index (χ1v) is 29.8. The SMILES string of the molecule is CN=C(N)NCCC[C@H](CC(=O)[C@H](CC(C)C)NC(=O)CCC(=O)[C@H](Cc1cccc(C)c1)NC(=O)[C@@H](CC(=O)[C@H](CC(N)=O)NC(=O)[C@@H]1C[C@@H](O)CN1C(=O)[C@@H](Cc1ccc(O)cc1)NC(C)=O)[C@@H](C)O)C(=O)N[C@@H](Cc1c[nH]c2ccccc12)C(N)=O. The van der Waals surface area contributed by atoms with Crippen molar-refractivity contribution in [3.05, 3.63) is 101 Å². The standard InChI is InChI=1S/C63H86N12O14/c1-34(2)23-47(54(81)28-40(13-10-22-68-63(66)67-6)59(86)74-50(58(65)85)27-41-32-69-46-15-8-7-14-44(41)46)71-57(84)21-20-53(80)48(26-39-12-9-11-35(3)24-39)72-60(87)45(36(4)76)30-55(82)49(31-56(64)83)73-61(88)52-29-43(79)33-75(52)62(89)51(70-37(5)77)25-38-16-18-42(78)19-17-38/h7-9,11-12,14-19,24,32,34,36,40,43,45,47-52,69,76,78-79H,10,13,20-23,25-31,33H2,1-6H3,(H2,64,83)(H2,65,85)(H,70,77)(H,71,84)(H,72,87)(H,73,88)(H,74,86)(H3,66,67,68)/t36-,40-,43-,45+,47+,48+,49+,50+,51-,52+/m1/s1. The maximum Gasteiger partial charge on any atom is 0.246 e. The third kappa shape index (κ3) is 22.3. The van der Waals surface area contributed by atoms with Crippen LogP contribution >= 0.6 is 0 Å². The van der Waals surface area contributed by atoms with Gasteiger partial charge in [0, 0.05) is 95.0 Å². The molecule has 8 amide bonds. The lowest BCUT2D eigenvalue weighted by Gasteiger charge is -2.30. The summed E-state index contributed by atoms with van der Waals surface area (Å²) < 4.78 is 0. The number of fused-ring (bicyclic) bond motifs is 1. The highest BCUT2D eigenvalue weighted by Gasteiger charge is 2.43. The summed E-state index contributed by atoms with van der Waals surface area (Å²) in [4.78, 5) is 159. The lowest BCUT2D eigenvalue weighted by atomic mass is 9.89. The molecule has 0 spiro atoms. The summed E-state index contributed by atoms with van der Waals surface area (Å²) in [5, 5.41) is 48.4. The number of rotatable bonds is 35. The number of aromatic amines is 1. The van der Waals surface area contributed by atoms with Gasteiger partial charge in [-0.3, -0.25) is 57.7 Å². The first-order valence-electron chi connectivity index (χ1n) is 29.8. The molecule has 0 aliphatic carbocycles. The molecule has 26 heteroatoms. The number of nitrogens with zero attached hydrogens (tertiary/aromatic N) is 2. The monoisotopic (exact) mass is 1230 g/mol. The van der Waals surface area contributed by atoms with Crippen LogP contribution in [0.2, 0.25) is 0 Å². The number of H-pyrrole nitrogens is 1. The first-order chi connectivity index (χ1) is 42.1. The molecule has 1 aliphatic rings. The van der Waals surface area contributed by atoms with Gasteiger partial charge in [-0.05, 0) is 80.3 Å². The molecule has 10 atom stereocenters. The number of aromatic hydroxyl groups is 1. The number of aliphatic hydroxyl groups is 2. The Balaban J connectivity index is 1.29. The summed E-state index contributed by atoms with van der Waals surface area (Å²) in [6.07, 6.45) is -3.61. The summed E-state index contributed by atoms with van der Waals surface area (Å²) >= 11 is 0. The number of aryl methyl sites for hydroxylation is 1. The zero-order valence-corrected chi connectivity index (χ0v) is 51.2. The highest BCUT2D eigenvalue weighted by atomic mass is 16.3. The molecule has 1 saturated heterocycles. The maximum absolute atomic E-state index is 14.3. The number of amides is 8. The molecular formula is C63H86N12O14. The third-order valence-corrected chi connectivity index (χ3v) is 15.5. The van der Waals surface area contributed by atoms with E-state index in [4.69, 9.17) is 17.2 Å². The molecule has 89 heavy (non-hydrogen) atoms. The zero-order chi connectivity index (χ0) is 65.6. The van der Waals surface area contributed by atoms with E-state index in [1.165, 1.54) is 45.2 Å². The van der Waals surface area contributed by atoms with Gasteiger partial charge in [-0.15, -0.1) is 0 Å². The van der Waals surface area contributed by atoms with E-state index in [1.807, 2.05) is 51.1 Å². The Labute approximate surface area is 516 Å². The average Bonchev–Trinajstić information content (AvgIpc) is 1.97. The fourth-order valence-corrected chi connectivity index (χ4v) is 10.8. The van der Waals surface area contributed by atoms with Crippen LogP contribution in [0, 0.1) is 24.7 Å². The van der Waals surface area contributed by atoms with E-state index in [2.05, 4.69) is 41.9 Å². The highest BCUT2D eigenvalue weighted by Crippen LogP contribution is 2.25. The van der Waals surface area contributed by atoms with Gasteiger partial charge < -0.3 is 74.3 Å². The number of aliphatic imine (C=N–C) groups is 1. The number of ketones is 3. The summed E-state index contributed by atoms with van der Waals surface area (Å²) in [5.74, 6) is -11.0. The molecule has 3 aromatic carbocycles. The number of Topliss-reactive ketones (excluding diaryl/α,β-unsaturated/α-hetero) is 3. The van der Waals surface area contributed by atoms with Gasteiger partial charge in [-0.1, -0.05) is 74.0 Å². The van der Waals surface area contributed by atoms with Crippen molar-refractivity contribution in [2.24, 2.45) is 39.9 Å². The number of nitrogens with one attached hydrogen (secondary N) is 7. The fourth-order valence-electron chi connectivity index (χ4n) is 10.8. The number of hydrogen-bond donors (Lipinski definition) is 13. The minimum atomic E-state index is -1.71. The second-order valence-corrected chi connectivity index (χ2v) is 23.3. The van der Waals surface area contributed by atoms with Gasteiger partial charge >= 0.3 is 0 Å². The Bertz CT molecular complexity index is 3200. The number of benzene rings is 3. The molecule has 0 bridgehead atoms. The predicted octanol–water partition coefficient (Wildman–Crippen LogP) is 0.218. The average molecular weight is 1240 g/mol. The molecule has 26 nitrogen and oxygen atoms in total. The zero-order valence-electron chi connectivity index (χ0n) is 51.2. The van der Waals surface area contributed by atoms with Crippen molar-refractivity contribution in [2.75, 3.05) is 20.1 Å². The lowest BCUT2D eigenvalue weighted by molar-refractivity contribution is -0.142. The highest BCUT2D eigenvalue weighted by molar-refractivity contribution is 6.00. The third-order valence-electron chi connectivity index (χ3n) is 15.5. The van der Waals surface area contributed by atoms with E-state index >= 15 is 0 Å². The van der Waals surface area contributed by atoms with Gasteiger partial charge in [0.1, 0.15) is 23.9 Å². The quantitative estimate of drug-likeness (QED) is 0.0166. The van der Waals surface area contributed by atoms with Gasteiger partial charge in [0.2, 0.25) is 47.3 Å². The Morgan fingerprint density at radius 2 is 1.39 bits per heavy atom. The van der Waals surface area contributed by atoms with Gasteiger partial charge in [0.05, 0.1) is 42.7 Å². The molecule has 16 N–H and O–H groups in total. The molecule has 1 fully saturated rings. The van der Waals surface area contributed by atoms with Gasteiger partial charge in [-0.25, -0.2) is 0 Å². The van der Waals surface area contributed by atoms with Crippen LogP contribution in [0.25, 0.3) is 10.9 Å². The molecule has 1 aliphatic heterocycles. The van der Waals surface area contributed by atoms with Gasteiger partial charge in [-0.2, -0.15) is 0 Å². The Morgan fingerprint density at radius 1 is 0.719 bits per heavy atom. The maximum atomic E-state index is 14.3. The number of β-amino-alcohol motifs (C(OH)–C–C–N with tert-alkyl or cyclic N) is 1. The first kappa shape index (κ1) is 70.7. The Kier molecular flexibility index (Phi) is 26.9. The summed E-state index contributed by atoms with van der Waals surface area (Å²) in [6.45, 7) is 7.86. The van der Waals surface area contributed by atoms with Crippen LogP contribution in [0.5, 0.6) is 5.75 Å². The van der Waals surface area contributed by atoms with E-state index in [0.717, 1.165) is 26.9 Å². The van der Waals surface area contributed by atoms with Crippen molar-refractivity contribution in [2.45, 2.75) is 160 Å². The van der Waals surface area contributed by atoms with Crippen LogP contribution in [-0.2, 0) is 72.0 Å². The topological polar surface area (TPSA) is 430 Å². The number of phenolic OH excluding ortho intramolecular Hbond substituents is 1. The van der Waals surface area contributed by atoms with Crippen LogP contribution in [0.3, 0.4) is 0 Å². The molecular weight excluding hydrogens is 1150 g/mol. The number of carbonyl (C=O) groups excluding carboxylic acids is 11. The van der Waals surface area contributed by atoms with E-state index in [-0.39, 0.29) is 69.1 Å². The van der Waals surface area contributed by atoms with Gasteiger partial charge in [0.15, 0.2) is 23.3 Å². The largest absolute Gasteiger partial charge is 0.508 e. The summed E-state index contributed by atoms with van der Waals surface area (Å²) in [6, 6.07) is 12.4. The number of para-hydroxylation sites is 1. The summed E-state index contributed by atoms with van der Waals surface area (Å²) in [7, 11) is 1.50. The van der Waals surface area contributed by atoms with E-state index in [9.17, 15) is 68.1 Å². The van der Waals surface area contributed by atoms with Crippen molar-refractivity contribution < 1.29 is 68.1 Å². The molecule has 2 heterocycles. The Hall–Kier alpha value is -9.04. The fraction of sp³-hybridized carbons (Fsp3) is 0.492. The number of hydrogen-bond acceptors (Lipinski definition) is 15. The number of nitrogens with two attached hydrogens (primary N) is 3. The lowest BCUT2D eigenvalue weighted by Crippen LogP contribution is -2.56. The number of likely N-dealkylation sites (tertiary alicyclic amines) is 1. The number of carbonyl (C=O) groups is 11. The molecule has 0 unspecified atom stereocenters. The molecule has 0 saturated carbocycles. The molecule has 5 rings (SSSR count). The van der Waals surface area contributed by atoms with Crippen molar-refractivity contribution in [3.8, 4) is 5.75 Å². The Morgan fingerprint density at radius 3 is 2.03 bits per heavy atom. The van der Waals surface area contributed by atoms with Crippen LogP contribution in [0.4, 0.5) is 0 Å². The van der Waals surface area contributed by atoms with E-state index < -0.39 is 151 Å². The van der Waals surface area contributed by atoms with E-state index in [1.54, 1.807) is 24.4 Å². The molecule has 1 aromatic heterocycles. The minimum Gasteiger partial charge on any atom is -0.508 e. The molecule has 4 aromatic rings. The minimum absolute atomic E-state index is 0.0377. The number of aromatic nitrogens is 1. The van der Waals surface area contributed by atoms with Crippen molar-refractivity contribution in [1.29, 1.82) is 0 Å². The second kappa shape index (κ2) is 33.9. The number of phenols is 1. The van der Waals surface area contributed by atoms with Crippen molar-refractivity contribution >= 4 is 81.5 Å². The van der Waals surface area contributed by atoms with Gasteiger partial charge in [0.25, 0.3) is 0 Å². The molecule has 482 valence electrons. The van der Waals surface area contributed by atoms with Crippen LogP contribution in [0.15, 0.2) is 84.0 Å². The summed E-state index contributed by atoms with van der Waals surface area (Å²) in [5.41, 5.74) is 20.7. The van der Waals surface area contributed by atoms with Crippen LogP contribution in [0.1, 0.15) is 108 Å². The smallest absolute Gasteiger partial charge is 0.246 e. The van der Waals surface area contributed by atoms with Crippen molar-refractivity contribution in [3.63, 3.8) is 0 Å². The number of guanidine groups is 1. The number of aliphatic hydroxyl groups excluding tert-OH is 2.